The molecule has 3 aromatic rings. The molecular formula is C22H18N2O3. The molecule has 3 aromatic carbocycles. The molecule has 0 fully saturated rings. The van der Waals surface area contributed by atoms with Crippen LogP contribution in [0.4, 0.5) is 0 Å². The van der Waals surface area contributed by atoms with E-state index in [9.17, 15) is 10.4 Å². The van der Waals surface area contributed by atoms with Gasteiger partial charge in [0.25, 0.3) is 0 Å². The van der Waals surface area contributed by atoms with E-state index in [1.54, 1.807) is 18.2 Å². The first-order valence-electron chi connectivity index (χ1n) is 8.69. The van der Waals surface area contributed by atoms with Crippen molar-refractivity contribution in [3.63, 3.8) is 0 Å². The van der Waals surface area contributed by atoms with Crippen LogP contribution in [0.5, 0.6) is 17.2 Å². The third-order valence-corrected chi connectivity index (χ3v) is 4.73. The highest BCUT2D eigenvalue weighted by molar-refractivity contribution is 5.90. The van der Waals surface area contributed by atoms with E-state index >= 15 is 0 Å². The molecule has 1 heterocycles. The van der Waals surface area contributed by atoms with Crippen molar-refractivity contribution >= 4 is 10.8 Å². The van der Waals surface area contributed by atoms with Gasteiger partial charge < -0.3 is 20.3 Å². The monoisotopic (exact) mass is 358 g/mol. The van der Waals surface area contributed by atoms with Crippen LogP contribution in [0.3, 0.4) is 0 Å². The molecule has 0 aliphatic carbocycles. The maximum absolute atomic E-state index is 10.1. The number of allylic oxidation sites excluding steroid dienone is 1. The van der Waals surface area contributed by atoms with Gasteiger partial charge in [-0.1, -0.05) is 36.4 Å². The van der Waals surface area contributed by atoms with E-state index in [4.69, 9.17) is 15.2 Å². The maximum atomic E-state index is 10.1. The topological polar surface area (TPSA) is 88.5 Å². The molecule has 1 aliphatic heterocycles. The van der Waals surface area contributed by atoms with Crippen molar-refractivity contribution in [3.05, 3.63) is 77.2 Å². The van der Waals surface area contributed by atoms with Crippen molar-refractivity contribution in [2.75, 3.05) is 6.61 Å². The highest BCUT2D eigenvalue weighted by Crippen LogP contribution is 2.46. The molecule has 5 nitrogen and oxygen atoms in total. The van der Waals surface area contributed by atoms with Crippen molar-refractivity contribution in [1.29, 1.82) is 5.26 Å². The van der Waals surface area contributed by atoms with E-state index < -0.39 is 5.92 Å². The molecular weight excluding hydrogens is 340 g/mol. The average Bonchev–Trinajstić information content (AvgIpc) is 2.68. The second-order valence-corrected chi connectivity index (χ2v) is 6.28. The lowest BCUT2D eigenvalue weighted by Gasteiger charge is -2.28. The number of fused-ring (bicyclic) bond motifs is 3. The highest BCUT2D eigenvalue weighted by Gasteiger charge is 2.32. The summed E-state index contributed by atoms with van der Waals surface area (Å²) < 4.78 is 11.3. The zero-order valence-corrected chi connectivity index (χ0v) is 14.8. The van der Waals surface area contributed by atoms with Crippen LogP contribution in [-0.2, 0) is 0 Å². The van der Waals surface area contributed by atoms with Gasteiger partial charge in [-0.3, -0.25) is 0 Å². The molecule has 5 heteroatoms. The lowest BCUT2D eigenvalue weighted by Crippen LogP contribution is -2.21. The first-order chi connectivity index (χ1) is 13.1. The number of hydrogen-bond donors (Lipinski definition) is 2. The Morgan fingerprint density at radius 3 is 2.78 bits per heavy atom. The van der Waals surface area contributed by atoms with Crippen LogP contribution in [0.2, 0.25) is 0 Å². The lowest BCUT2D eigenvalue weighted by atomic mass is 9.81. The molecule has 27 heavy (non-hydrogen) atoms. The van der Waals surface area contributed by atoms with Crippen molar-refractivity contribution in [2.45, 2.75) is 12.8 Å². The minimum absolute atomic E-state index is 0.0567. The number of nitrogens with zero attached hydrogens (tertiary/aromatic N) is 1. The standard InChI is InChI=1S/C22H18N2O3/c1-2-26-19-11-14(7-9-17(19)25)20-16(12-23)22(24)27-18-10-8-13-5-3-4-6-15(13)21(18)20/h3-11,20,25H,2,24H2,1H3/t20-/m0/s1. The molecule has 0 amide bonds. The molecule has 4 rings (SSSR count). The van der Waals surface area contributed by atoms with E-state index in [1.807, 2.05) is 43.3 Å². The fraction of sp³-hybridized carbons (Fsp3) is 0.136. The number of benzene rings is 3. The fourth-order valence-electron chi connectivity index (χ4n) is 3.56. The molecule has 0 unspecified atom stereocenters. The number of nitriles is 1. The Bertz CT molecular complexity index is 1110. The SMILES string of the molecule is CCOc1cc([C@H]2C(C#N)=C(N)Oc3ccc4ccccc4c32)ccc1O. The molecule has 0 radical (unpaired) electrons. The smallest absolute Gasteiger partial charge is 0.205 e. The average molecular weight is 358 g/mol. The molecule has 3 N–H and O–H groups in total. The minimum atomic E-state index is -0.412. The Morgan fingerprint density at radius 1 is 1.19 bits per heavy atom. The van der Waals surface area contributed by atoms with Gasteiger partial charge in [-0.2, -0.15) is 5.26 Å². The number of phenols is 1. The van der Waals surface area contributed by atoms with Gasteiger partial charge in [0.15, 0.2) is 11.5 Å². The number of rotatable bonds is 3. The summed E-state index contributed by atoms with van der Waals surface area (Å²) in [6.45, 7) is 2.27. The Hall–Kier alpha value is -3.65. The second-order valence-electron chi connectivity index (χ2n) is 6.28. The van der Waals surface area contributed by atoms with E-state index in [0.717, 1.165) is 21.9 Å². The largest absolute Gasteiger partial charge is 0.504 e. The number of ether oxygens (including phenoxy) is 2. The van der Waals surface area contributed by atoms with E-state index in [2.05, 4.69) is 6.07 Å². The predicted octanol–water partition coefficient (Wildman–Crippen LogP) is 4.16. The maximum Gasteiger partial charge on any atom is 0.205 e. The summed E-state index contributed by atoms with van der Waals surface area (Å²) in [5.74, 6) is 0.739. The first kappa shape index (κ1) is 16.8. The Labute approximate surface area is 156 Å². The molecule has 134 valence electrons. The van der Waals surface area contributed by atoms with Gasteiger partial charge >= 0.3 is 0 Å². The van der Waals surface area contributed by atoms with Gasteiger partial charge in [0.05, 0.1) is 12.5 Å². The summed E-state index contributed by atoms with van der Waals surface area (Å²) in [5, 5.41) is 21.9. The summed E-state index contributed by atoms with van der Waals surface area (Å²) >= 11 is 0. The minimum Gasteiger partial charge on any atom is -0.504 e. The van der Waals surface area contributed by atoms with Crippen LogP contribution in [0.25, 0.3) is 10.8 Å². The number of hydrogen-bond acceptors (Lipinski definition) is 5. The molecule has 1 aliphatic rings. The van der Waals surface area contributed by atoms with Gasteiger partial charge in [-0.15, -0.1) is 0 Å². The summed E-state index contributed by atoms with van der Waals surface area (Å²) in [5.41, 5.74) is 8.08. The van der Waals surface area contributed by atoms with E-state index in [0.29, 0.717) is 23.7 Å². The summed E-state index contributed by atoms with van der Waals surface area (Å²) in [7, 11) is 0. The third kappa shape index (κ3) is 2.72. The zero-order valence-electron chi connectivity index (χ0n) is 14.8. The number of phenolic OH excluding ortho intramolecular Hbond substituents is 1. The van der Waals surface area contributed by atoms with Gasteiger partial charge in [0, 0.05) is 5.56 Å². The van der Waals surface area contributed by atoms with Crippen molar-refractivity contribution < 1.29 is 14.6 Å². The second kappa shape index (κ2) is 6.58. The summed E-state index contributed by atoms with van der Waals surface area (Å²) in [6, 6.07) is 19.1. The van der Waals surface area contributed by atoms with Gasteiger partial charge in [0.2, 0.25) is 5.88 Å². The Kier molecular flexibility index (Phi) is 4.09. The van der Waals surface area contributed by atoms with Crippen LogP contribution < -0.4 is 15.2 Å². The predicted molar refractivity (Wildman–Crippen MR) is 103 cm³/mol. The van der Waals surface area contributed by atoms with Gasteiger partial charge in [-0.25, -0.2) is 0 Å². The van der Waals surface area contributed by atoms with Gasteiger partial charge in [0.1, 0.15) is 17.4 Å². The van der Waals surface area contributed by atoms with E-state index in [-0.39, 0.29) is 11.6 Å². The van der Waals surface area contributed by atoms with Crippen LogP contribution in [-0.4, -0.2) is 11.7 Å². The lowest BCUT2D eigenvalue weighted by molar-refractivity contribution is 0.317. The molecule has 0 bridgehead atoms. The van der Waals surface area contributed by atoms with Crippen molar-refractivity contribution in [1.82, 2.24) is 0 Å². The molecule has 0 saturated carbocycles. The summed E-state index contributed by atoms with van der Waals surface area (Å²) in [6.07, 6.45) is 0. The van der Waals surface area contributed by atoms with Crippen LogP contribution >= 0.6 is 0 Å². The molecule has 0 saturated heterocycles. The van der Waals surface area contributed by atoms with Crippen LogP contribution in [0.15, 0.2) is 66.1 Å². The van der Waals surface area contributed by atoms with Gasteiger partial charge in [-0.05, 0) is 41.5 Å². The molecule has 0 spiro atoms. The Morgan fingerprint density at radius 2 is 2.00 bits per heavy atom. The third-order valence-electron chi connectivity index (χ3n) is 4.73. The van der Waals surface area contributed by atoms with Crippen molar-refractivity contribution in [2.24, 2.45) is 5.73 Å². The normalized spacial score (nSPS) is 15.8. The summed E-state index contributed by atoms with van der Waals surface area (Å²) in [4.78, 5) is 0. The van der Waals surface area contributed by atoms with E-state index in [1.165, 1.54) is 0 Å². The fourth-order valence-corrected chi connectivity index (χ4v) is 3.56. The quantitative estimate of drug-likeness (QED) is 0.734. The number of aromatic hydroxyl groups is 1. The van der Waals surface area contributed by atoms with Crippen molar-refractivity contribution in [3.8, 4) is 23.3 Å². The molecule has 0 aromatic heterocycles. The zero-order chi connectivity index (χ0) is 19.0. The Balaban J connectivity index is 2.01. The van der Waals surface area contributed by atoms with Crippen LogP contribution in [0.1, 0.15) is 24.0 Å². The highest BCUT2D eigenvalue weighted by atomic mass is 16.5. The molecule has 1 atom stereocenters. The first-order valence-corrected chi connectivity index (χ1v) is 8.69. The van der Waals surface area contributed by atoms with Crippen LogP contribution in [0, 0.1) is 11.3 Å². The number of nitrogens with two attached hydrogens (primary N) is 1.